The van der Waals surface area contributed by atoms with E-state index in [1.54, 1.807) is 12.1 Å². The molecule has 0 saturated carbocycles. The van der Waals surface area contributed by atoms with Crippen LogP contribution in [-0.2, 0) is 4.79 Å². The van der Waals surface area contributed by atoms with Crippen LogP contribution in [0, 0.1) is 24.7 Å². The Balaban J connectivity index is 2.44. The second kappa shape index (κ2) is 8.28. The van der Waals surface area contributed by atoms with Gasteiger partial charge in [0.15, 0.2) is 6.61 Å². The third-order valence-corrected chi connectivity index (χ3v) is 3.98. The van der Waals surface area contributed by atoms with Gasteiger partial charge in [-0.15, -0.1) is 0 Å². The molecule has 0 atom stereocenters. The monoisotopic (exact) mass is 311 g/mol. The van der Waals surface area contributed by atoms with Crippen molar-refractivity contribution in [2.75, 3.05) is 13.2 Å². The molecule has 0 aliphatic heterocycles. The van der Waals surface area contributed by atoms with Crippen molar-refractivity contribution in [3.05, 3.63) is 28.8 Å². The lowest BCUT2D eigenvalue weighted by molar-refractivity contribution is -0.123. The summed E-state index contributed by atoms with van der Waals surface area (Å²) in [6.45, 7) is 11.4. The van der Waals surface area contributed by atoms with Crippen LogP contribution in [0.4, 0.5) is 0 Å². The van der Waals surface area contributed by atoms with E-state index in [9.17, 15) is 4.79 Å². The van der Waals surface area contributed by atoms with Crippen LogP contribution in [0.3, 0.4) is 0 Å². The molecular weight excluding hydrogens is 286 g/mol. The summed E-state index contributed by atoms with van der Waals surface area (Å²) in [5, 5.41) is 3.62. The molecule has 0 spiro atoms. The standard InChI is InChI=1S/C17H26ClNO2/c1-11(2)15(12(3)4)9-19-17(20)10-21-16-7-6-14(18)8-13(16)5/h6-8,11-12,15H,9-10H2,1-5H3,(H,19,20). The Kier molecular flexibility index (Phi) is 7.03. The first-order chi connectivity index (χ1) is 9.81. The molecule has 21 heavy (non-hydrogen) atoms. The Bertz CT molecular complexity index is 464. The van der Waals surface area contributed by atoms with E-state index in [0.717, 1.165) is 5.56 Å². The van der Waals surface area contributed by atoms with Gasteiger partial charge in [0.1, 0.15) is 5.75 Å². The molecule has 0 aliphatic carbocycles. The predicted octanol–water partition coefficient (Wildman–Crippen LogP) is 4.07. The highest BCUT2D eigenvalue weighted by molar-refractivity contribution is 6.30. The zero-order valence-corrected chi connectivity index (χ0v) is 14.3. The van der Waals surface area contributed by atoms with E-state index in [4.69, 9.17) is 16.3 Å². The van der Waals surface area contributed by atoms with Crippen molar-refractivity contribution >= 4 is 17.5 Å². The van der Waals surface area contributed by atoms with Crippen molar-refractivity contribution in [2.45, 2.75) is 34.6 Å². The quantitative estimate of drug-likeness (QED) is 0.824. The molecule has 0 aliphatic rings. The van der Waals surface area contributed by atoms with Gasteiger partial charge in [0.25, 0.3) is 5.91 Å². The lowest BCUT2D eigenvalue weighted by Crippen LogP contribution is -2.36. The fraction of sp³-hybridized carbons (Fsp3) is 0.588. The van der Waals surface area contributed by atoms with Crippen molar-refractivity contribution < 1.29 is 9.53 Å². The first-order valence-electron chi connectivity index (χ1n) is 7.47. The summed E-state index contributed by atoms with van der Waals surface area (Å²) in [5.41, 5.74) is 0.928. The van der Waals surface area contributed by atoms with Crippen LogP contribution in [0.15, 0.2) is 18.2 Å². The van der Waals surface area contributed by atoms with Gasteiger partial charge in [-0.1, -0.05) is 39.3 Å². The fourth-order valence-corrected chi connectivity index (χ4v) is 2.67. The molecule has 0 bridgehead atoms. The average molecular weight is 312 g/mol. The molecule has 1 amide bonds. The van der Waals surface area contributed by atoms with Crippen LogP contribution < -0.4 is 10.1 Å². The van der Waals surface area contributed by atoms with Gasteiger partial charge in [-0.25, -0.2) is 0 Å². The van der Waals surface area contributed by atoms with Crippen LogP contribution in [0.1, 0.15) is 33.3 Å². The van der Waals surface area contributed by atoms with E-state index in [1.165, 1.54) is 0 Å². The van der Waals surface area contributed by atoms with Crippen molar-refractivity contribution in [2.24, 2.45) is 17.8 Å². The topological polar surface area (TPSA) is 38.3 Å². The fourth-order valence-electron chi connectivity index (χ4n) is 2.44. The largest absolute Gasteiger partial charge is 0.484 e. The van der Waals surface area contributed by atoms with E-state index >= 15 is 0 Å². The smallest absolute Gasteiger partial charge is 0.257 e. The maximum Gasteiger partial charge on any atom is 0.257 e. The van der Waals surface area contributed by atoms with Crippen LogP contribution in [0.5, 0.6) is 5.75 Å². The van der Waals surface area contributed by atoms with E-state index in [0.29, 0.717) is 35.1 Å². The summed E-state index contributed by atoms with van der Waals surface area (Å²) in [5.74, 6) is 2.18. The van der Waals surface area contributed by atoms with Crippen LogP contribution >= 0.6 is 11.6 Å². The number of ether oxygens (including phenoxy) is 1. The highest BCUT2D eigenvalue weighted by Gasteiger charge is 2.18. The minimum Gasteiger partial charge on any atom is -0.484 e. The Morgan fingerprint density at radius 2 is 1.86 bits per heavy atom. The van der Waals surface area contributed by atoms with Gasteiger partial charge < -0.3 is 10.1 Å². The van der Waals surface area contributed by atoms with Crippen LogP contribution in [-0.4, -0.2) is 19.1 Å². The molecule has 118 valence electrons. The third-order valence-electron chi connectivity index (χ3n) is 3.74. The van der Waals surface area contributed by atoms with Crippen molar-refractivity contribution in [3.63, 3.8) is 0 Å². The number of carbonyl (C=O) groups excluding carboxylic acids is 1. The predicted molar refractivity (Wildman–Crippen MR) is 87.9 cm³/mol. The third kappa shape index (κ3) is 5.96. The summed E-state index contributed by atoms with van der Waals surface area (Å²) in [7, 11) is 0. The van der Waals surface area contributed by atoms with Crippen LogP contribution in [0.2, 0.25) is 5.02 Å². The van der Waals surface area contributed by atoms with E-state index in [-0.39, 0.29) is 12.5 Å². The van der Waals surface area contributed by atoms with Gasteiger partial charge >= 0.3 is 0 Å². The number of rotatable bonds is 7. The molecule has 0 saturated heterocycles. The van der Waals surface area contributed by atoms with E-state index < -0.39 is 0 Å². The first kappa shape index (κ1) is 17.8. The second-order valence-corrected chi connectivity index (χ2v) is 6.59. The summed E-state index contributed by atoms with van der Waals surface area (Å²) in [6.07, 6.45) is 0. The number of hydrogen-bond donors (Lipinski definition) is 1. The van der Waals surface area contributed by atoms with Crippen molar-refractivity contribution in [3.8, 4) is 5.75 Å². The number of benzene rings is 1. The molecule has 0 aromatic heterocycles. The number of hydrogen-bond acceptors (Lipinski definition) is 2. The van der Waals surface area contributed by atoms with Gasteiger partial charge in [-0.2, -0.15) is 0 Å². The second-order valence-electron chi connectivity index (χ2n) is 6.15. The molecular formula is C17H26ClNO2. The SMILES string of the molecule is Cc1cc(Cl)ccc1OCC(=O)NCC(C(C)C)C(C)C. The summed E-state index contributed by atoms with van der Waals surface area (Å²) < 4.78 is 5.54. The lowest BCUT2D eigenvalue weighted by Gasteiger charge is -2.25. The Labute approximate surface area is 133 Å². The minimum absolute atomic E-state index is 0.0331. The molecule has 1 aromatic carbocycles. The average Bonchev–Trinajstić information content (AvgIpc) is 2.37. The number of amides is 1. The van der Waals surface area contributed by atoms with Crippen molar-refractivity contribution in [1.82, 2.24) is 5.32 Å². The van der Waals surface area contributed by atoms with Gasteiger partial charge in [-0.05, 0) is 48.4 Å². The number of halogens is 1. The maximum atomic E-state index is 11.9. The van der Waals surface area contributed by atoms with Gasteiger partial charge in [-0.3, -0.25) is 4.79 Å². The maximum absolute atomic E-state index is 11.9. The molecule has 3 nitrogen and oxygen atoms in total. The Morgan fingerprint density at radius 3 is 2.38 bits per heavy atom. The summed E-state index contributed by atoms with van der Waals surface area (Å²) >= 11 is 5.89. The number of aryl methyl sites for hydroxylation is 1. The summed E-state index contributed by atoms with van der Waals surface area (Å²) in [4.78, 5) is 11.9. The molecule has 1 aromatic rings. The number of carbonyl (C=O) groups is 1. The molecule has 0 unspecified atom stereocenters. The molecule has 0 radical (unpaired) electrons. The van der Waals surface area contributed by atoms with Crippen LogP contribution in [0.25, 0.3) is 0 Å². The lowest BCUT2D eigenvalue weighted by atomic mass is 9.85. The molecule has 0 fully saturated rings. The zero-order valence-electron chi connectivity index (χ0n) is 13.6. The highest BCUT2D eigenvalue weighted by atomic mass is 35.5. The summed E-state index contributed by atoms with van der Waals surface area (Å²) in [6, 6.07) is 5.37. The normalized spacial score (nSPS) is 11.3. The van der Waals surface area contributed by atoms with Gasteiger partial charge in [0, 0.05) is 11.6 Å². The zero-order chi connectivity index (χ0) is 16.0. The van der Waals surface area contributed by atoms with E-state index in [1.807, 2.05) is 13.0 Å². The van der Waals surface area contributed by atoms with Gasteiger partial charge in [0.2, 0.25) is 0 Å². The Hall–Kier alpha value is -1.22. The first-order valence-corrected chi connectivity index (χ1v) is 7.84. The highest BCUT2D eigenvalue weighted by Crippen LogP contribution is 2.22. The molecule has 1 N–H and O–H groups in total. The molecule has 0 heterocycles. The minimum atomic E-state index is -0.0874. The Morgan fingerprint density at radius 1 is 1.24 bits per heavy atom. The van der Waals surface area contributed by atoms with Crippen molar-refractivity contribution in [1.29, 1.82) is 0 Å². The van der Waals surface area contributed by atoms with E-state index in [2.05, 4.69) is 33.0 Å². The molecule has 1 rings (SSSR count). The van der Waals surface area contributed by atoms with Gasteiger partial charge in [0.05, 0.1) is 0 Å². The molecule has 4 heteroatoms. The number of nitrogens with one attached hydrogen (secondary N) is 1.